The maximum Gasteiger partial charge on any atom is 0.340 e. The maximum absolute atomic E-state index is 13.0. The van der Waals surface area contributed by atoms with Crippen molar-refractivity contribution >= 4 is 33.5 Å². The summed E-state index contributed by atoms with van der Waals surface area (Å²) < 4.78 is 11.4. The highest BCUT2D eigenvalue weighted by atomic mass is 79.9. The first-order chi connectivity index (χ1) is 14.0. The van der Waals surface area contributed by atoms with Crippen LogP contribution in [-0.2, 0) is 9.53 Å². The van der Waals surface area contributed by atoms with Crippen LogP contribution < -0.4 is 10.1 Å². The van der Waals surface area contributed by atoms with Crippen molar-refractivity contribution in [3.8, 4) is 17.0 Å². The number of nitrogens with one attached hydrogen (secondary N) is 2. The fourth-order valence-corrected chi connectivity index (χ4v) is 4.26. The lowest BCUT2D eigenvalue weighted by Crippen LogP contribution is -2.17. The topological polar surface area (TPSA) is 80.4 Å². The van der Waals surface area contributed by atoms with Gasteiger partial charge >= 0.3 is 5.97 Å². The first-order valence-electron chi connectivity index (χ1n) is 9.00. The molecule has 0 spiro atoms. The number of aromatic nitrogens is 1. The predicted molar refractivity (Wildman–Crippen MR) is 113 cm³/mol. The second kappa shape index (κ2) is 7.40. The summed E-state index contributed by atoms with van der Waals surface area (Å²) >= 11 is 3.48. The second-order valence-corrected chi connectivity index (χ2v) is 7.68. The lowest BCUT2D eigenvalue weighted by molar-refractivity contribution is -0.116. The standard InChI is InChI=1S/C22H19BrN2O4/c1-11-17(22(27)29-3)19(20(24-11)13-6-4-5-7-16(13)28-2)18-14-10-12(23)8-9-15(14)25-21(18)26/h4-10,18,24H,1-3H3,(H,25,26)/t18-/m0/s1. The van der Waals surface area contributed by atoms with Crippen molar-refractivity contribution in [3.63, 3.8) is 0 Å². The number of H-pyrrole nitrogens is 1. The monoisotopic (exact) mass is 454 g/mol. The molecule has 7 heteroatoms. The quantitative estimate of drug-likeness (QED) is 0.563. The molecule has 0 fully saturated rings. The number of aryl methyl sites for hydroxylation is 1. The van der Waals surface area contributed by atoms with Crippen molar-refractivity contribution in [2.75, 3.05) is 19.5 Å². The molecular weight excluding hydrogens is 436 g/mol. The Hall–Kier alpha value is -3.06. The molecule has 2 aromatic carbocycles. The van der Waals surface area contributed by atoms with E-state index in [1.54, 1.807) is 14.0 Å². The molecule has 0 aliphatic carbocycles. The number of amides is 1. The van der Waals surface area contributed by atoms with Crippen LogP contribution in [0.4, 0.5) is 5.69 Å². The van der Waals surface area contributed by atoms with Gasteiger partial charge in [-0.1, -0.05) is 28.1 Å². The third-order valence-corrected chi connectivity index (χ3v) is 5.62. The fraction of sp³-hybridized carbons (Fsp3) is 0.182. The number of carbonyl (C=O) groups excluding carboxylic acids is 2. The van der Waals surface area contributed by atoms with Gasteiger partial charge in [-0.2, -0.15) is 0 Å². The average Bonchev–Trinajstić information content (AvgIpc) is 3.22. The van der Waals surface area contributed by atoms with Gasteiger partial charge < -0.3 is 19.8 Å². The number of anilines is 1. The van der Waals surface area contributed by atoms with Crippen LogP contribution >= 0.6 is 15.9 Å². The third kappa shape index (κ3) is 3.11. The number of fused-ring (bicyclic) bond motifs is 1. The Morgan fingerprint density at radius 3 is 2.62 bits per heavy atom. The molecule has 1 amide bonds. The van der Waals surface area contributed by atoms with Gasteiger partial charge in [-0.3, -0.25) is 4.79 Å². The second-order valence-electron chi connectivity index (χ2n) is 6.76. The minimum atomic E-state index is -0.665. The summed E-state index contributed by atoms with van der Waals surface area (Å²) in [6, 6.07) is 13.1. The van der Waals surface area contributed by atoms with Crippen LogP contribution in [-0.4, -0.2) is 31.1 Å². The van der Waals surface area contributed by atoms with Gasteiger partial charge in [0.25, 0.3) is 0 Å². The molecule has 0 bridgehead atoms. The Kier molecular flexibility index (Phi) is 4.92. The van der Waals surface area contributed by atoms with E-state index in [-0.39, 0.29) is 5.91 Å². The summed E-state index contributed by atoms with van der Waals surface area (Å²) in [4.78, 5) is 29.0. The summed E-state index contributed by atoms with van der Waals surface area (Å²) in [6.07, 6.45) is 0. The van der Waals surface area contributed by atoms with Crippen molar-refractivity contribution < 1.29 is 19.1 Å². The normalized spacial score (nSPS) is 15.0. The minimum Gasteiger partial charge on any atom is -0.496 e. The molecule has 2 heterocycles. The number of para-hydroxylation sites is 1. The Morgan fingerprint density at radius 1 is 1.14 bits per heavy atom. The molecular formula is C22H19BrN2O4. The van der Waals surface area contributed by atoms with E-state index in [0.29, 0.717) is 28.3 Å². The molecule has 4 rings (SSSR count). The lowest BCUT2D eigenvalue weighted by Gasteiger charge is -2.15. The number of ether oxygens (including phenoxy) is 2. The summed E-state index contributed by atoms with van der Waals surface area (Å²) in [6.45, 7) is 1.79. The molecule has 148 valence electrons. The molecule has 1 aliphatic heterocycles. The highest BCUT2D eigenvalue weighted by Crippen LogP contribution is 2.45. The Balaban J connectivity index is 2.04. The van der Waals surface area contributed by atoms with E-state index in [9.17, 15) is 9.59 Å². The van der Waals surface area contributed by atoms with Crippen molar-refractivity contribution in [1.29, 1.82) is 0 Å². The molecule has 29 heavy (non-hydrogen) atoms. The first kappa shape index (κ1) is 19.3. The summed E-state index contributed by atoms with van der Waals surface area (Å²) in [5.41, 5.74) is 4.51. The molecule has 0 saturated carbocycles. The first-order valence-corrected chi connectivity index (χ1v) is 9.80. The predicted octanol–water partition coefficient (Wildman–Crippen LogP) is 4.63. The molecule has 2 N–H and O–H groups in total. The zero-order valence-electron chi connectivity index (χ0n) is 16.1. The fourth-order valence-electron chi connectivity index (χ4n) is 3.88. The largest absolute Gasteiger partial charge is 0.496 e. The van der Waals surface area contributed by atoms with E-state index in [1.807, 2.05) is 42.5 Å². The third-order valence-electron chi connectivity index (χ3n) is 5.13. The molecule has 0 unspecified atom stereocenters. The van der Waals surface area contributed by atoms with Gasteiger partial charge in [-0.15, -0.1) is 0 Å². The Labute approximate surface area is 176 Å². The van der Waals surface area contributed by atoms with Crippen LogP contribution in [0.25, 0.3) is 11.3 Å². The van der Waals surface area contributed by atoms with Crippen LogP contribution in [0, 0.1) is 6.92 Å². The Bertz CT molecular complexity index is 1140. The number of aromatic amines is 1. The average molecular weight is 455 g/mol. The van der Waals surface area contributed by atoms with Crippen molar-refractivity contribution in [2.45, 2.75) is 12.8 Å². The minimum absolute atomic E-state index is 0.196. The zero-order chi connectivity index (χ0) is 20.7. The van der Waals surface area contributed by atoms with Crippen molar-refractivity contribution in [2.24, 2.45) is 0 Å². The molecule has 0 radical (unpaired) electrons. The summed E-state index contributed by atoms with van der Waals surface area (Å²) in [7, 11) is 2.92. The molecule has 3 aromatic rings. The highest BCUT2D eigenvalue weighted by Gasteiger charge is 2.39. The number of methoxy groups -OCH3 is 2. The SMILES string of the molecule is COC(=O)c1c(C)[nH]c(-c2ccccc2OC)c1[C@H]1C(=O)Nc2ccc(Br)cc21. The zero-order valence-corrected chi connectivity index (χ0v) is 17.7. The van der Waals surface area contributed by atoms with E-state index < -0.39 is 11.9 Å². The number of rotatable bonds is 4. The molecule has 0 saturated heterocycles. The van der Waals surface area contributed by atoms with E-state index >= 15 is 0 Å². The molecule has 1 atom stereocenters. The van der Waals surface area contributed by atoms with Crippen LogP contribution in [0.3, 0.4) is 0 Å². The summed E-state index contributed by atoms with van der Waals surface area (Å²) in [5, 5.41) is 2.92. The molecule has 6 nitrogen and oxygen atoms in total. The molecule has 1 aromatic heterocycles. The number of hydrogen-bond donors (Lipinski definition) is 2. The number of carbonyl (C=O) groups is 2. The van der Waals surface area contributed by atoms with E-state index in [1.165, 1.54) is 7.11 Å². The van der Waals surface area contributed by atoms with E-state index in [4.69, 9.17) is 9.47 Å². The summed E-state index contributed by atoms with van der Waals surface area (Å²) in [5.74, 6) is -0.717. The maximum atomic E-state index is 13.0. The van der Waals surface area contributed by atoms with Gasteiger partial charge in [0.2, 0.25) is 5.91 Å². The van der Waals surface area contributed by atoms with Gasteiger partial charge in [0.15, 0.2) is 0 Å². The van der Waals surface area contributed by atoms with Crippen molar-refractivity contribution in [1.82, 2.24) is 4.98 Å². The van der Waals surface area contributed by atoms with Crippen molar-refractivity contribution in [3.05, 3.63) is 69.3 Å². The smallest absolute Gasteiger partial charge is 0.340 e. The van der Waals surface area contributed by atoms with Gasteiger partial charge in [0.05, 0.1) is 31.4 Å². The van der Waals surface area contributed by atoms with E-state index in [2.05, 4.69) is 26.2 Å². The van der Waals surface area contributed by atoms with Gasteiger partial charge in [0, 0.05) is 27.0 Å². The number of benzene rings is 2. The van der Waals surface area contributed by atoms with Crippen LogP contribution in [0.2, 0.25) is 0 Å². The van der Waals surface area contributed by atoms with Gasteiger partial charge in [-0.05, 0) is 42.8 Å². The van der Waals surface area contributed by atoms with Crippen LogP contribution in [0.5, 0.6) is 5.75 Å². The van der Waals surface area contributed by atoms with Crippen LogP contribution in [0.1, 0.15) is 33.1 Å². The van der Waals surface area contributed by atoms with E-state index in [0.717, 1.165) is 21.3 Å². The highest BCUT2D eigenvalue weighted by molar-refractivity contribution is 9.10. The Morgan fingerprint density at radius 2 is 1.90 bits per heavy atom. The number of hydrogen-bond acceptors (Lipinski definition) is 4. The van der Waals surface area contributed by atoms with Gasteiger partial charge in [0.1, 0.15) is 5.75 Å². The lowest BCUT2D eigenvalue weighted by atomic mass is 9.87. The number of esters is 1. The van der Waals surface area contributed by atoms with Crippen LogP contribution in [0.15, 0.2) is 46.9 Å². The number of halogens is 1. The molecule has 1 aliphatic rings. The van der Waals surface area contributed by atoms with Gasteiger partial charge in [-0.25, -0.2) is 4.79 Å².